The fourth-order valence-electron chi connectivity index (χ4n) is 2.71. The van der Waals surface area contributed by atoms with Crippen LogP contribution < -0.4 is 5.73 Å². The van der Waals surface area contributed by atoms with Gasteiger partial charge in [-0.1, -0.05) is 12.1 Å². The molecule has 1 aliphatic rings. The van der Waals surface area contributed by atoms with Crippen LogP contribution in [0.5, 0.6) is 0 Å². The van der Waals surface area contributed by atoms with Gasteiger partial charge >= 0.3 is 0 Å². The van der Waals surface area contributed by atoms with Crippen LogP contribution in [-0.4, -0.2) is 47.3 Å². The SMILES string of the molecule is CC1(C)CN(Cc2cccc(C(N)=O)c2)CC(CO)O1. The Morgan fingerprint density at radius 3 is 2.95 bits per heavy atom. The first kappa shape index (κ1) is 15.0. The molecule has 3 N–H and O–H groups in total. The lowest BCUT2D eigenvalue weighted by Gasteiger charge is -2.42. The van der Waals surface area contributed by atoms with Crippen LogP contribution in [0.3, 0.4) is 0 Å². The third kappa shape index (κ3) is 3.79. The number of hydrogen-bond acceptors (Lipinski definition) is 4. The summed E-state index contributed by atoms with van der Waals surface area (Å²) >= 11 is 0. The number of aliphatic hydroxyl groups excluding tert-OH is 1. The van der Waals surface area contributed by atoms with Crippen LogP contribution in [-0.2, 0) is 11.3 Å². The van der Waals surface area contributed by atoms with Gasteiger partial charge in [-0.3, -0.25) is 9.69 Å². The van der Waals surface area contributed by atoms with Gasteiger partial charge in [0, 0.05) is 25.2 Å². The second-order valence-electron chi connectivity index (χ2n) is 5.92. The van der Waals surface area contributed by atoms with E-state index < -0.39 is 5.91 Å². The molecule has 1 aromatic carbocycles. The third-order valence-electron chi connectivity index (χ3n) is 3.37. The average molecular weight is 278 g/mol. The zero-order valence-corrected chi connectivity index (χ0v) is 12.0. The highest BCUT2D eigenvalue weighted by atomic mass is 16.5. The molecule has 0 aliphatic carbocycles. The van der Waals surface area contributed by atoms with Gasteiger partial charge in [0.05, 0.1) is 18.3 Å². The lowest BCUT2D eigenvalue weighted by Crippen LogP contribution is -2.53. The number of carbonyl (C=O) groups is 1. The van der Waals surface area contributed by atoms with Crippen molar-refractivity contribution in [2.24, 2.45) is 5.73 Å². The molecule has 0 aromatic heterocycles. The van der Waals surface area contributed by atoms with Gasteiger partial charge < -0.3 is 15.6 Å². The normalized spacial score (nSPS) is 22.6. The van der Waals surface area contributed by atoms with Gasteiger partial charge in [0.15, 0.2) is 0 Å². The predicted molar refractivity (Wildman–Crippen MR) is 76.3 cm³/mol. The number of primary amides is 1. The summed E-state index contributed by atoms with van der Waals surface area (Å²) in [4.78, 5) is 13.4. The largest absolute Gasteiger partial charge is 0.394 e. The summed E-state index contributed by atoms with van der Waals surface area (Å²) in [6, 6.07) is 7.34. The fraction of sp³-hybridized carbons (Fsp3) is 0.533. The van der Waals surface area contributed by atoms with Gasteiger partial charge in [-0.2, -0.15) is 0 Å². The van der Waals surface area contributed by atoms with Crippen molar-refractivity contribution in [3.05, 3.63) is 35.4 Å². The van der Waals surface area contributed by atoms with Crippen molar-refractivity contribution in [2.45, 2.75) is 32.1 Å². The maximum absolute atomic E-state index is 11.2. The fourth-order valence-corrected chi connectivity index (χ4v) is 2.71. The average Bonchev–Trinajstić information content (AvgIpc) is 2.37. The highest BCUT2D eigenvalue weighted by Crippen LogP contribution is 2.22. The van der Waals surface area contributed by atoms with Gasteiger partial charge in [0.25, 0.3) is 0 Å². The van der Waals surface area contributed by atoms with Crippen LogP contribution in [0.2, 0.25) is 0 Å². The number of nitrogens with zero attached hydrogens (tertiary/aromatic N) is 1. The van der Waals surface area contributed by atoms with Crippen LogP contribution in [0.25, 0.3) is 0 Å². The van der Waals surface area contributed by atoms with Crippen molar-refractivity contribution in [1.29, 1.82) is 0 Å². The van der Waals surface area contributed by atoms with Crippen LogP contribution in [0.1, 0.15) is 29.8 Å². The van der Waals surface area contributed by atoms with E-state index in [2.05, 4.69) is 4.90 Å². The van der Waals surface area contributed by atoms with Gasteiger partial charge in [0.2, 0.25) is 5.91 Å². The molecule has 0 saturated carbocycles. The Hall–Kier alpha value is -1.43. The summed E-state index contributed by atoms with van der Waals surface area (Å²) in [5, 5.41) is 9.31. The Morgan fingerprint density at radius 1 is 1.55 bits per heavy atom. The first-order valence-corrected chi connectivity index (χ1v) is 6.79. The monoisotopic (exact) mass is 278 g/mol. The molecular weight excluding hydrogens is 256 g/mol. The molecule has 1 saturated heterocycles. The van der Waals surface area contributed by atoms with E-state index in [4.69, 9.17) is 10.5 Å². The lowest BCUT2D eigenvalue weighted by molar-refractivity contribution is -0.150. The number of aliphatic hydroxyl groups is 1. The molecule has 1 aromatic rings. The Balaban J connectivity index is 2.09. The smallest absolute Gasteiger partial charge is 0.248 e. The first-order valence-electron chi connectivity index (χ1n) is 6.79. The number of ether oxygens (including phenoxy) is 1. The summed E-state index contributed by atoms with van der Waals surface area (Å²) in [5.41, 5.74) is 6.57. The standard InChI is InChI=1S/C15H22N2O3/c1-15(2)10-17(8-13(9-18)20-15)7-11-4-3-5-12(6-11)14(16)19/h3-6,13,18H,7-10H2,1-2H3,(H2,16,19). The van der Waals surface area contributed by atoms with E-state index >= 15 is 0 Å². The van der Waals surface area contributed by atoms with E-state index in [1.54, 1.807) is 6.07 Å². The maximum Gasteiger partial charge on any atom is 0.248 e. The molecule has 1 atom stereocenters. The summed E-state index contributed by atoms with van der Waals surface area (Å²) in [6.45, 7) is 6.22. The number of amides is 1. The zero-order valence-electron chi connectivity index (χ0n) is 12.0. The summed E-state index contributed by atoms with van der Waals surface area (Å²) in [7, 11) is 0. The van der Waals surface area contributed by atoms with E-state index in [1.165, 1.54) is 0 Å². The molecule has 0 bridgehead atoms. The zero-order chi connectivity index (χ0) is 14.8. The van der Waals surface area contributed by atoms with Crippen molar-refractivity contribution >= 4 is 5.91 Å². The highest BCUT2D eigenvalue weighted by molar-refractivity contribution is 5.92. The lowest BCUT2D eigenvalue weighted by atomic mass is 10.0. The van der Waals surface area contributed by atoms with Crippen molar-refractivity contribution in [3.63, 3.8) is 0 Å². The van der Waals surface area contributed by atoms with Crippen LogP contribution in [0, 0.1) is 0 Å². The van der Waals surface area contributed by atoms with Crippen molar-refractivity contribution in [2.75, 3.05) is 19.7 Å². The summed E-state index contributed by atoms with van der Waals surface area (Å²) < 4.78 is 5.79. The number of morpholine rings is 1. The summed E-state index contributed by atoms with van der Waals surface area (Å²) in [5.74, 6) is -0.414. The molecule has 0 spiro atoms. The minimum Gasteiger partial charge on any atom is -0.394 e. The molecule has 1 amide bonds. The van der Waals surface area contributed by atoms with Gasteiger partial charge in [-0.25, -0.2) is 0 Å². The number of nitrogens with two attached hydrogens (primary N) is 1. The van der Waals surface area contributed by atoms with E-state index in [0.717, 1.165) is 12.1 Å². The number of rotatable bonds is 4. The minimum absolute atomic E-state index is 0.0151. The Morgan fingerprint density at radius 2 is 2.30 bits per heavy atom. The van der Waals surface area contributed by atoms with Gasteiger partial charge in [-0.05, 0) is 31.5 Å². The number of benzene rings is 1. The van der Waals surface area contributed by atoms with Crippen molar-refractivity contribution in [1.82, 2.24) is 4.90 Å². The van der Waals surface area contributed by atoms with Crippen molar-refractivity contribution < 1.29 is 14.6 Å². The van der Waals surface area contributed by atoms with Gasteiger partial charge in [0.1, 0.15) is 0 Å². The highest BCUT2D eigenvalue weighted by Gasteiger charge is 2.32. The summed E-state index contributed by atoms with van der Waals surface area (Å²) in [6.07, 6.45) is -0.168. The Labute approximate surface area is 119 Å². The topological polar surface area (TPSA) is 75.8 Å². The van der Waals surface area contributed by atoms with E-state index in [-0.39, 0.29) is 18.3 Å². The molecule has 0 radical (unpaired) electrons. The molecule has 5 nitrogen and oxygen atoms in total. The Bertz CT molecular complexity index is 488. The molecule has 1 unspecified atom stereocenters. The molecule has 1 aliphatic heterocycles. The first-order chi connectivity index (χ1) is 9.39. The molecule has 110 valence electrons. The van der Waals surface area contributed by atoms with E-state index in [9.17, 15) is 9.90 Å². The quantitative estimate of drug-likeness (QED) is 0.852. The molecule has 5 heteroatoms. The number of carbonyl (C=O) groups excluding carboxylic acids is 1. The van der Waals surface area contributed by atoms with Crippen LogP contribution in [0.15, 0.2) is 24.3 Å². The predicted octanol–water partition coefficient (Wildman–Crippen LogP) is 0.757. The molecule has 1 fully saturated rings. The molecular formula is C15H22N2O3. The van der Waals surface area contributed by atoms with E-state index in [1.807, 2.05) is 32.0 Å². The van der Waals surface area contributed by atoms with E-state index in [0.29, 0.717) is 18.7 Å². The van der Waals surface area contributed by atoms with Crippen LogP contribution in [0.4, 0.5) is 0 Å². The minimum atomic E-state index is -0.414. The Kier molecular flexibility index (Phi) is 4.42. The second-order valence-corrected chi connectivity index (χ2v) is 5.92. The second kappa shape index (κ2) is 5.91. The molecule has 20 heavy (non-hydrogen) atoms. The number of hydrogen-bond donors (Lipinski definition) is 2. The van der Waals surface area contributed by atoms with Crippen molar-refractivity contribution in [3.8, 4) is 0 Å². The van der Waals surface area contributed by atoms with Gasteiger partial charge in [-0.15, -0.1) is 0 Å². The van der Waals surface area contributed by atoms with Crippen LogP contribution >= 0.6 is 0 Å². The molecule has 2 rings (SSSR count). The maximum atomic E-state index is 11.2. The third-order valence-corrected chi connectivity index (χ3v) is 3.37. The molecule has 1 heterocycles.